The van der Waals surface area contributed by atoms with Gasteiger partial charge in [-0.25, -0.2) is 9.97 Å². The number of nitrogens with one attached hydrogen (secondary N) is 2. The molecule has 2 heterocycles. The van der Waals surface area contributed by atoms with Gasteiger partial charge in [-0.3, -0.25) is 19.2 Å². The van der Waals surface area contributed by atoms with Crippen LogP contribution >= 0.6 is 31.9 Å². The molecule has 2 aromatic heterocycles. The highest BCUT2D eigenvalue weighted by atomic mass is 79.9. The highest BCUT2D eigenvalue weighted by Gasteiger charge is 2.33. The molecule has 6 rings (SSSR count). The topological polar surface area (TPSA) is 148 Å². The summed E-state index contributed by atoms with van der Waals surface area (Å²) >= 11 is 6.75. The minimum Gasteiger partial charge on any atom is -0.432 e. The summed E-state index contributed by atoms with van der Waals surface area (Å²) in [5.74, 6) is -1.26. The number of Topliss-reactive ketones (excluding diaryl/α,β-unsaturated/α-hetero) is 2. The number of benzene rings is 2. The molecule has 2 aromatic carbocycles. The summed E-state index contributed by atoms with van der Waals surface area (Å²) in [7, 11) is 1.97. The van der Waals surface area contributed by atoms with E-state index in [1.54, 1.807) is 24.3 Å². The number of nitrogens with zero attached hydrogens (tertiary/aromatic N) is 3. The number of ketones is 4. The number of carbonyl (C=O) groups is 4. The number of carbonyl (C=O) groups excluding carboxylic acids is 4. The van der Waals surface area contributed by atoms with Crippen molar-refractivity contribution in [2.45, 2.75) is 12.8 Å². The van der Waals surface area contributed by atoms with Crippen LogP contribution in [-0.2, 0) is 0 Å². The number of rotatable bonds is 12. The molecule has 13 heteroatoms. The maximum absolute atomic E-state index is 13.0. The fourth-order valence-corrected chi connectivity index (χ4v) is 5.54. The molecule has 0 unspecified atom stereocenters. The number of aromatic nitrogens is 2. The molecule has 234 valence electrons. The zero-order chi connectivity index (χ0) is 32.4. The molecule has 0 aliphatic heterocycles. The van der Waals surface area contributed by atoms with Crippen molar-refractivity contribution in [3.8, 4) is 22.9 Å². The van der Waals surface area contributed by atoms with E-state index in [-0.39, 0.29) is 57.7 Å². The number of halogens is 2. The fraction of sp³-hybridized carbons (Fsp3) is 0.212. The highest BCUT2D eigenvalue weighted by molar-refractivity contribution is 9.10. The zero-order valence-corrected chi connectivity index (χ0v) is 27.7. The van der Waals surface area contributed by atoms with E-state index in [9.17, 15) is 19.2 Å². The first kappa shape index (κ1) is 31.5. The number of hydrogen-bond donors (Lipinski definition) is 2. The van der Waals surface area contributed by atoms with Crippen LogP contribution in [0.4, 0.5) is 0 Å². The first-order valence-electron chi connectivity index (χ1n) is 14.5. The van der Waals surface area contributed by atoms with Crippen molar-refractivity contribution in [2.75, 3.05) is 33.2 Å². The Kier molecular flexibility index (Phi) is 9.24. The minimum absolute atomic E-state index is 0.0172. The fourth-order valence-electron chi connectivity index (χ4n) is 5.01. The van der Waals surface area contributed by atoms with Gasteiger partial charge in [-0.2, -0.15) is 0 Å². The van der Waals surface area contributed by atoms with E-state index in [0.717, 1.165) is 22.0 Å². The van der Waals surface area contributed by atoms with Gasteiger partial charge in [0.2, 0.25) is 46.4 Å². The minimum atomic E-state index is -0.406. The maximum atomic E-state index is 13.0. The van der Waals surface area contributed by atoms with Crippen molar-refractivity contribution in [3.63, 3.8) is 0 Å². The predicted octanol–water partition coefficient (Wildman–Crippen LogP) is 5.64. The molecule has 0 saturated heterocycles. The molecule has 0 bridgehead atoms. The van der Waals surface area contributed by atoms with E-state index in [2.05, 4.69) is 57.4 Å². The van der Waals surface area contributed by atoms with Gasteiger partial charge in [0.25, 0.3) is 0 Å². The SMILES string of the molecule is CN(CCCNC1=CC(=O)c2nc(-c3ccc(Br)cc3)oc2C1=O)CCCNC1=CC(=O)c2nc(-c3ccc(Br)cc3)oc2C1=O. The van der Waals surface area contributed by atoms with Gasteiger partial charge in [0, 0.05) is 45.3 Å². The van der Waals surface area contributed by atoms with Crippen molar-refractivity contribution in [3.05, 3.63) is 104 Å². The second-order valence-corrected chi connectivity index (χ2v) is 12.6. The van der Waals surface area contributed by atoms with Gasteiger partial charge < -0.3 is 24.4 Å². The van der Waals surface area contributed by atoms with Crippen molar-refractivity contribution in [1.29, 1.82) is 0 Å². The highest BCUT2D eigenvalue weighted by Crippen LogP contribution is 2.29. The van der Waals surface area contributed by atoms with Gasteiger partial charge in [-0.05, 0) is 81.5 Å². The number of allylic oxidation sites excluding steroid dienone is 4. The number of fused-ring (bicyclic) bond motifs is 2. The molecular weight excluding hydrogens is 722 g/mol. The summed E-state index contributed by atoms with van der Waals surface area (Å²) in [6.45, 7) is 2.40. The maximum Gasteiger partial charge on any atom is 0.246 e. The van der Waals surface area contributed by atoms with Crippen molar-refractivity contribution in [2.24, 2.45) is 0 Å². The molecule has 0 atom stereocenters. The Morgan fingerprint density at radius 1 is 0.652 bits per heavy atom. The third-order valence-electron chi connectivity index (χ3n) is 7.42. The lowest BCUT2D eigenvalue weighted by atomic mass is 10.0. The Bertz CT molecular complexity index is 1770. The molecule has 0 saturated carbocycles. The van der Waals surface area contributed by atoms with E-state index in [0.29, 0.717) is 37.1 Å². The average molecular weight is 749 g/mol. The van der Waals surface area contributed by atoms with Crippen LogP contribution in [0.2, 0.25) is 0 Å². The van der Waals surface area contributed by atoms with Crippen molar-refractivity contribution >= 4 is 55.0 Å². The van der Waals surface area contributed by atoms with Gasteiger partial charge in [-0.15, -0.1) is 0 Å². The normalized spacial score (nSPS) is 14.3. The molecule has 2 aliphatic carbocycles. The van der Waals surface area contributed by atoms with Crippen LogP contribution in [0.5, 0.6) is 0 Å². The molecule has 0 radical (unpaired) electrons. The summed E-state index contributed by atoms with van der Waals surface area (Å²) in [5, 5.41) is 6.12. The zero-order valence-electron chi connectivity index (χ0n) is 24.6. The van der Waals surface area contributed by atoms with Gasteiger partial charge in [0.15, 0.2) is 11.4 Å². The van der Waals surface area contributed by atoms with Gasteiger partial charge in [0.05, 0.1) is 11.4 Å². The van der Waals surface area contributed by atoms with Crippen molar-refractivity contribution < 1.29 is 28.0 Å². The van der Waals surface area contributed by atoms with Crippen molar-refractivity contribution in [1.82, 2.24) is 25.5 Å². The first-order chi connectivity index (χ1) is 22.2. The molecule has 2 N–H and O–H groups in total. The van der Waals surface area contributed by atoms with Gasteiger partial charge >= 0.3 is 0 Å². The van der Waals surface area contributed by atoms with E-state index in [1.165, 1.54) is 12.2 Å². The second-order valence-electron chi connectivity index (χ2n) is 10.8. The van der Waals surface area contributed by atoms with Crippen LogP contribution < -0.4 is 10.6 Å². The lowest BCUT2D eigenvalue weighted by Crippen LogP contribution is -2.31. The molecule has 2 aliphatic rings. The van der Waals surface area contributed by atoms with Crippen LogP contribution in [-0.4, -0.2) is 71.2 Å². The Labute approximate surface area is 280 Å². The molecule has 0 spiro atoms. The number of hydrogen-bond acceptors (Lipinski definition) is 11. The Balaban J connectivity index is 0.931. The number of oxazole rings is 2. The second kappa shape index (κ2) is 13.5. The van der Waals surface area contributed by atoms with Crippen LogP contribution in [0.25, 0.3) is 22.9 Å². The van der Waals surface area contributed by atoms with Crippen LogP contribution in [0, 0.1) is 0 Å². The third-order valence-corrected chi connectivity index (χ3v) is 8.48. The Hall–Kier alpha value is -4.46. The molecular formula is C33H27Br2N5O6. The van der Waals surface area contributed by atoms with E-state index < -0.39 is 11.6 Å². The Morgan fingerprint density at radius 3 is 1.43 bits per heavy atom. The van der Waals surface area contributed by atoms with Gasteiger partial charge in [-0.1, -0.05) is 31.9 Å². The average Bonchev–Trinajstić information content (AvgIpc) is 3.70. The summed E-state index contributed by atoms with van der Waals surface area (Å²) < 4.78 is 13.2. The summed E-state index contributed by atoms with van der Waals surface area (Å²) in [6.07, 6.45) is 3.96. The summed E-state index contributed by atoms with van der Waals surface area (Å²) in [5.41, 5.74) is 1.73. The molecule has 4 aromatic rings. The molecule has 0 fully saturated rings. The first-order valence-corrected chi connectivity index (χ1v) is 16.1. The molecule has 46 heavy (non-hydrogen) atoms. The Morgan fingerprint density at radius 2 is 1.04 bits per heavy atom. The van der Waals surface area contributed by atoms with E-state index in [1.807, 2.05) is 31.3 Å². The smallest absolute Gasteiger partial charge is 0.246 e. The standard InChI is InChI=1S/C33H27Br2N5O6/c1-40(14-2-12-36-22-16-24(41)26-30(28(22)43)45-32(38-26)18-4-8-20(34)9-5-18)15-3-13-37-23-17-25(42)27-31(29(23)44)46-33(39-27)19-6-10-21(35)11-7-19/h4-11,16-17,36-37H,2-3,12-15H2,1H3. The summed E-state index contributed by atoms with van der Waals surface area (Å²) in [6, 6.07) is 14.5. The lowest BCUT2D eigenvalue weighted by Gasteiger charge is -2.18. The van der Waals surface area contributed by atoms with Gasteiger partial charge in [0.1, 0.15) is 0 Å². The van der Waals surface area contributed by atoms with E-state index in [4.69, 9.17) is 8.83 Å². The van der Waals surface area contributed by atoms with Crippen LogP contribution in [0.3, 0.4) is 0 Å². The van der Waals surface area contributed by atoms with E-state index >= 15 is 0 Å². The summed E-state index contributed by atoms with van der Waals surface area (Å²) in [4.78, 5) is 61.9. The van der Waals surface area contributed by atoms with Crippen LogP contribution in [0.15, 0.2) is 89.9 Å². The monoisotopic (exact) mass is 747 g/mol. The third kappa shape index (κ3) is 6.71. The quantitative estimate of drug-likeness (QED) is 0.174. The largest absolute Gasteiger partial charge is 0.432 e. The molecule has 11 nitrogen and oxygen atoms in total. The predicted molar refractivity (Wildman–Crippen MR) is 176 cm³/mol. The molecule has 0 amide bonds. The van der Waals surface area contributed by atoms with Crippen LogP contribution in [0.1, 0.15) is 54.9 Å². The lowest BCUT2D eigenvalue weighted by molar-refractivity contribution is 0.0956.